The summed E-state index contributed by atoms with van der Waals surface area (Å²) in [5.41, 5.74) is 6.78. The maximum atomic E-state index is 11.6. The second kappa shape index (κ2) is 5.75. The van der Waals surface area contributed by atoms with Gasteiger partial charge in [-0.05, 0) is 30.5 Å². The van der Waals surface area contributed by atoms with Gasteiger partial charge in [-0.2, -0.15) is 0 Å². The van der Waals surface area contributed by atoms with Gasteiger partial charge in [0, 0.05) is 12.1 Å². The Kier molecular flexibility index (Phi) is 4.62. The number of anilines is 2. The maximum Gasteiger partial charge on any atom is 0.224 e. The number of nitrogens with one attached hydrogen (secondary N) is 1. The predicted molar refractivity (Wildman–Crippen MR) is 68.6 cm³/mol. The lowest BCUT2D eigenvalue weighted by Crippen LogP contribution is -2.12. The molecule has 0 bridgehead atoms. The fourth-order valence-electron chi connectivity index (χ4n) is 1.27. The molecule has 1 aromatic carbocycles. The second-order valence-electron chi connectivity index (χ2n) is 4.22. The highest BCUT2D eigenvalue weighted by molar-refractivity contribution is 6.33. The topological polar surface area (TPSA) is 55.1 Å². The maximum absolute atomic E-state index is 11.6. The van der Waals surface area contributed by atoms with Crippen LogP contribution in [-0.4, -0.2) is 5.91 Å². The number of nitrogen functional groups attached to an aromatic ring is 1. The van der Waals surface area contributed by atoms with E-state index in [0.717, 1.165) is 6.42 Å². The standard InChI is InChI=1S/C12H17ClN2O/c1-8(2)3-6-12(16)15-11-7-9(14)4-5-10(11)13/h4-5,7-8H,3,6,14H2,1-2H3,(H,15,16). The Labute approximate surface area is 101 Å². The van der Waals surface area contributed by atoms with Crippen LogP contribution in [-0.2, 0) is 4.79 Å². The molecule has 0 aromatic heterocycles. The smallest absolute Gasteiger partial charge is 0.224 e. The van der Waals surface area contributed by atoms with Gasteiger partial charge < -0.3 is 11.1 Å². The van der Waals surface area contributed by atoms with Crippen LogP contribution < -0.4 is 11.1 Å². The van der Waals surface area contributed by atoms with Gasteiger partial charge in [-0.25, -0.2) is 0 Å². The largest absolute Gasteiger partial charge is 0.399 e. The first-order valence-electron chi connectivity index (χ1n) is 5.34. The molecule has 1 aromatic rings. The molecule has 0 saturated carbocycles. The van der Waals surface area contributed by atoms with Crippen LogP contribution in [0.2, 0.25) is 5.02 Å². The van der Waals surface area contributed by atoms with Crippen molar-refractivity contribution in [2.24, 2.45) is 5.92 Å². The number of hydrogen-bond acceptors (Lipinski definition) is 2. The van der Waals surface area contributed by atoms with Crippen molar-refractivity contribution >= 4 is 28.9 Å². The summed E-state index contributed by atoms with van der Waals surface area (Å²) in [4.78, 5) is 11.6. The Morgan fingerprint density at radius 2 is 2.19 bits per heavy atom. The van der Waals surface area contributed by atoms with E-state index in [-0.39, 0.29) is 5.91 Å². The summed E-state index contributed by atoms with van der Waals surface area (Å²) in [6, 6.07) is 5.04. The Balaban J connectivity index is 2.59. The molecular weight excluding hydrogens is 224 g/mol. The third-order valence-corrected chi connectivity index (χ3v) is 2.54. The van der Waals surface area contributed by atoms with Crippen LogP contribution in [0.15, 0.2) is 18.2 Å². The minimum atomic E-state index is -0.0267. The first kappa shape index (κ1) is 12.8. The number of carbonyl (C=O) groups excluding carboxylic acids is 1. The van der Waals surface area contributed by atoms with Gasteiger partial charge in [0.25, 0.3) is 0 Å². The minimum Gasteiger partial charge on any atom is -0.399 e. The van der Waals surface area contributed by atoms with E-state index < -0.39 is 0 Å². The molecule has 0 fully saturated rings. The van der Waals surface area contributed by atoms with E-state index in [1.165, 1.54) is 0 Å². The first-order valence-corrected chi connectivity index (χ1v) is 5.71. The van der Waals surface area contributed by atoms with Crippen LogP contribution in [0.1, 0.15) is 26.7 Å². The summed E-state index contributed by atoms with van der Waals surface area (Å²) < 4.78 is 0. The van der Waals surface area contributed by atoms with Gasteiger partial charge in [-0.3, -0.25) is 4.79 Å². The molecule has 16 heavy (non-hydrogen) atoms. The Morgan fingerprint density at radius 3 is 2.81 bits per heavy atom. The fraction of sp³-hybridized carbons (Fsp3) is 0.417. The molecule has 88 valence electrons. The third kappa shape index (κ3) is 4.11. The Bertz CT molecular complexity index is 377. The molecule has 0 aliphatic carbocycles. The molecule has 1 rings (SSSR count). The van der Waals surface area contributed by atoms with Crippen molar-refractivity contribution in [3.05, 3.63) is 23.2 Å². The van der Waals surface area contributed by atoms with E-state index in [4.69, 9.17) is 17.3 Å². The van der Waals surface area contributed by atoms with Crippen molar-refractivity contribution < 1.29 is 4.79 Å². The lowest BCUT2D eigenvalue weighted by Gasteiger charge is -2.09. The van der Waals surface area contributed by atoms with Crippen LogP contribution in [0.5, 0.6) is 0 Å². The van der Waals surface area contributed by atoms with Gasteiger partial charge in [0.1, 0.15) is 0 Å². The van der Waals surface area contributed by atoms with Gasteiger partial charge in [0.05, 0.1) is 10.7 Å². The fourth-order valence-corrected chi connectivity index (χ4v) is 1.44. The normalized spacial score (nSPS) is 10.5. The molecule has 0 spiro atoms. The number of nitrogens with two attached hydrogens (primary N) is 1. The summed E-state index contributed by atoms with van der Waals surface area (Å²) in [6.07, 6.45) is 1.37. The lowest BCUT2D eigenvalue weighted by molar-refractivity contribution is -0.116. The average molecular weight is 241 g/mol. The highest BCUT2D eigenvalue weighted by atomic mass is 35.5. The number of rotatable bonds is 4. The summed E-state index contributed by atoms with van der Waals surface area (Å²) in [6.45, 7) is 4.17. The van der Waals surface area contributed by atoms with Crippen molar-refractivity contribution in [3.8, 4) is 0 Å². The number of halogens is 1. The molecule has 0 heterocycles. The quantitative estimate of drug-likeness (QED) is 0.794. The van der Waals surface area contributed by atoms with Gasteiger partial charge >= 0.3 is 0 Å². The number of benzene rings is 1. The first-order chi connectivity index (χ1) is 7.49. The van der Waals surface area contributed by atoms with E-state index in [2.05, 4.69) is 19.2 Å². The molecule has 1 amide bonds. The van der Waals surface area contributed by atoms with E-state index in [9.17, 15) is 4.79 Å². The predicted octanol–water partition coefficient (Wildman–Crippen LogP) is 3.30. The number of amides is 1. The van der Waals surface area contributed by atoms with Crippen molar-refractivity contribution in [2.75, 3.05) is 11.1 Å². The average Bonchev–Trinajstić information content (AvgIpc) is 2.20. The molecule has 0 aliphatic rings. The van der Waals surface area contributed by atoms with Crippen molar-refractivity contribution in [2.45, 2.75) is 26.7 Å². The van der Waals surface area contributed by atoms with Crippen LogP contribution >= 0.6 is 11.6 Å². The van der Waals surface area contributed by atoms with E-state index in [1.807, 2.05) is 0 Å². The van der Waals surface area contributed by atoms with E-state index in [0.29, 0.717) is 28.7 Å². The number of carbonyl (C=O) groups is 1. The molecule has 0 unspecified atom stereocenters. The summed E-state index contributed by atoms with van der Waals surface area (Å²) in [5, 5.41) is 3.26. The van der Waals surface area contributed by atoms with Gasteiger partial charge in [-0.1, -0.05) is 25.4 Å². The van der Waals surface area contributed by atoms with Crippen LogP contribution in [0.25, 0.3) is 0 Å². The van der Waals surface area contributed by atoms with Gasteiger partial charge in [0.2, 0.25) is 5.91 Å². The molecule has 0 saturated heterocycles. The third-order valence-electron chi connectivity index (χ3n) is 2.21. The summed E-state index contributed by atoms with van der Waals surface area (Å²) in [7, 11) is 0. The molecule has 0 atom stereocenters. The molecular formula is C12H17ClN2O. The summed E-state index contributed by atoms with van der Waals surface area (Å²) >= 11 is 5.93. The zero-order valence-electron chi connectivity index (χ0n) is 9.59. The SMILES string of the molecule is CC(C)CCC(=O)Nc1cc(N)ccc1Cl. The van der Waals surface area contributed by atoms with Gasteiger partial charge in [0.15, 0.2) is 0 Å². The minimum absolute atomic E-state index is 0.0267. The lowest BCUT2D eigenvalue weighted by atomic mass is 10.1. The molecule has 3 N–H and O–H groups in total. The second-order valence-corrected chi connectivity index (χ2v) is 4.63. The van der Waals surface area contributed by atoms with Crippen molar-refractivity contribution in [1.82, 2.24) is 0 Å². The Hall–Kier alpha value is -1.22. The van der Waals surface area contributed by atoms with Crippen molar-refractivity contribution in [3.63, 3.8) is 0 Å². The summed E-state index contributed by atoms with van der Waals surface area (Å²) in [5.74, 6) is 0.489. The highest BCUT2D eigenvalue weighted by Crippen LogP contribution is 2.24. The van der Waals surface area contributed by atoms with E-state index in [1.54, 1.807) is 18.2 Å². The van der Waals surface area contributed by atoms with Crippen molar-refractivity contribution in [1.29, 1.82) is 0 Å². The zero-order chi connectivity index (χ0) is 12.1. The van der Waals surface area contributed by atoms with Crippen LogP contribution in [0.3, 0.4) is 0 Å². The monoisotopic (exact) mass is 240 g/mol. The zero-order valence-corrected chi connectivity index (χ0v) is 10.3. The van der Waals surface area contributed by atoms with Gasteiger partial charge in [-0.15, -0.1) is 0 Å². The van der Waals surface area contributed by atoms with Crippen LogP contribution in [0.4, 0.5) is 11.4 Å². The Morgan fingerprint density at radius 1 is 1.50 bits per heavy atom. The molecule has 4 heteroatoms. The molecule has 0 radical (unpaired) electrons. The molecule has 3 nitrogen and oxygen atoms in total. The molecule has 0 aliphatic heterocycles. The van der Waals surface area contributed by atoms with E-state index >= 15 is 0 Å². The van der Waals surface area contributed by atoms with Crippen LogP contribution in [0, 0.1) is 5.92 Å². The number of hydrogen-bond donors (Lipinski definition) is 2. The highest BCUT2D eigenvalue weighted by Gasteiger charge is 2.07.